The Kier molecular flexibility index (Phi) is 8.67. The fourth-order valence-corrected chi connectivity index (χ4v) is 2.88. The minimum Gasteiger partial charge on any atom is -0.367 e. The molecule has 0 fully saturated rings. The smallest absolute Gasteiger partial charge is 0.367 e. The van der Waals surface area contributed by atoms with Crippen molar-refractivity contribution in [2.45, 2.75) is 26.3 Å². The van der Waals surface area contributed by atoms with Crippen LogP contribution in [0.1, 0.15) is 16.7 Å². The summed E-state index contributed by atoms with van der Waals surface area (Å²) >= 11 is 3.35. The van der Waals surface area contributed by atoms with Gasteiger partial charge < -0.3 is 20.7 Å². The van der Waals surface area contributed by atoms with E-state index in [1.165, 1.54) is 0 Å². The molecule has 0 saturated heterocycles. The molecule has 3 amide bonds. The van der Waals surface area contributed by atoms with E-state index < -0.39 is 18.8 Å². The number of ether oxygens (including phenoxy) is 1. The first-order valence-electron chi connectivity index (χ1n) is 8.92. The molecule has 2 aromatic rings. The molecular weight excluding hydrogens is 467 g/mol. The van der Waals surface area contributed by atoms with Crippen LogP contribution in [0.15, 0.2) is 46.9 Å². The Morgan fingerprint density at radius 2 is 1.70 bits per heavy atom. The van der Waals surface area contributed by atoms with Crippen LogP contribution in [0.25, 0.3) is 0 Å². The predicted octanol–water partition coefficient (Wildman–Crippen LogP) is 4.27. The highest BCUT2D eigenvalue weighted by atomic mass is 79.9. The summed E-state index contributed by atoms with van der Waals surface area (Å²) in [5.74, 6) is -0.362. The quantitative estimate of drug-likeness (QED) is 0.520. The molecule has 0 radical (unpaired) electrons. The Morgan fingerprint density at radius 1 is 1.03 bits per heavy atom. The summed E-state index contributed by atoms with van der Waals surface area (Å²) in [6, 6.07) is 11.5. The number of nitrogens with one attached hydrogen (secondary N) is 3. The Hall–Kier alpha value is -2.59. The van der Waals surface area contributed by atoms with Gasteiger partial charge in [0.05, 0.1) is 13.2 Å². The van der Waals surface area contributed by atoms with E-state index in [9.17, 15) is 22.8 Å². The first kappa shape index (κ1) is 23.7. The van der Waals surface area contributed by atoms with Gasteiger partial charge in [-0.1, -0.05) is 40.2 Å². The topological polar surface area (TPSA) is 79.5 Å². The molecular formula is C20H21BrF3N3O3. The molecule has 162 valence electrons. The highest BCUT2D eigenvalue weighted by Gasteiger charge is 2.27. The van der Waals surface area contributed by atoms with Gasteiger partial charge in [-0.3, -0.25) is 4.79 Å². The highest BCUT2D eigenvalue weighted by molar-refractivity contribution is 9.10. The zero-order valence-electron chi connectivity index (χ0n) is 16.1. The number of halogens is 4. The van der Waals surface area contributed by atoms with Crippen molar-refractivity contribution in [3.63, 3.8) is 0 Å². The minimum absolute atomic E-state index is 0.152. The lowest BCUT2D eigenvalue weighted by atomic mass is 10.1. The standard InChI is InChI=1S/C20H21BrF3N3O3/c1-13-8-16(21)6-7-17(13)27-18(28)10-26-19(29)25-9-14-2-4-15(5-3-14)11-30-12-20(22,23)24/h2-8H,9-12H2,1H3,(H,27,28)(H2,25,26,29). The van der Waals surface area contributed by atoms with Crippen molar-refractivity contribution in [1.82, 2.24) is 10.6 Å². The summed E-state index contributed by atoms with van der Waals surface area (Å²) in [5, 5.41) is 7.78. The molecule has 0 atom stereocenters. The van der Waals surface area contributed by atoms with E-state index in [-0.39, 0.29) is 25.6 Å². The molecule has 0 unspecified atom stereocenters. The van der Waals surface area contributed by atoms with E-state index >= 15 is 0 Å². The van der Waals surface area contributed by atoms with Crippen LogP contribution in [-0.2, 0) is 22.7 Å². The molecule has 3 N–H and O–H groups in total. The summed E-state index contributed by atoms with van der Waals surface area (Å²) in [4.78, 5) is 23.8. The molecule has 0 aromatic heterocycles. The Morgan fingerprint density at radius 3 is 2.33 bits per heavy atom. The summed E-state index contributed by atoms with van der Waals surface area (Å²) in [5.41, 5.74) is 2.88. The lowest BCUT2D eigenvalue weighted by Gasteiger charge is -2.11. The highest BCUT2D eigenvalue weighted by Crippen LogP contribution is 2.19. The van der Waals surface area contributed by atoms with E-state index in [4.69, 9.17) is 0 Å². The van der Waals surface area contributed by atoms with Crippen LogP contribution < -0.4 is 16.0 Å². The van der Waals surface area contributed by atoms with Gasteiger partial charge in [0.15, 0.2) is 0 Å². The molecule has 2 aromatic carbocycles. The molecule has 0 heterocycles. The molecule has 2 rings (SSSR count). The second-order valence-electron chi connectivity index (χ2n) is 6.47. The van der Waals surface area contributed by atoms with Crippen LogP contribution in [0.3, 0.4) is 0 Å². The van der Waals surface area contributed by atoms with Crippen molar-refractivity contribution in [3.05, 3.63) is 63.6 Å². The summed E-state index contributed by atoms with van der Waals surface area (Å²) in [6.07, 6.45) is -4.36. The van der Waals surface area contributed by atoms with Gasteiger partial charge in [-0.25, -0.2) is 4.79 Å². The van der Waals surface area contributed by atoms with Crippen molar-refractivity contribution in [2.75, 3.05) is 18.5 Å². The van der Waals surface area contributed by atoms with E-state index in [1.807, 2.05) is 13.0 Å². The van der Waals surface area contributed by atoms with Crippen LogP contribution in [0, 0.1) is 6.92 Å². The number of hydrogen-bond acceptors (Lipinski definition) is 3. The summed E-state index contributed by atoms with van der Waals surface area (Å²) in [7, 11) is 0. The maximum Gasteiger partial charge on any atom is 0.411 e. The minimum atomic E-state index is -4.36. The molecule has 0 aliphatic carbocycles. The third-order valence-corrected chi connectivity index (χ3v) is 4.38. The fourth-order valence-electron chi connectivity index (χ4n) is 2.41. The average molecular weight is 488 g/mol. The summed E-state index contributed by atoms with van der Waals surface area (Å²) < 4.78 is 41.7. The molecule has 0 aliphatic rings. The molecule has 30 heavy (non-hydrogen) atoms. The molecule has 10 heteroatoms. The SMILES string of the molecule is Cc1cc(Br)ccc1NC(=O)CNC(=O)NCc1ccc(COCC(F)(F)F)cc1. The van der Waals surface area contributed by atoms with Gasteiger partial charge in [-0.05, 0) is 41.8 Å². The number of carbonyl (C=O) groups excluding carboxylic acids is 2. The van der Waals surface area contributed by atoms with Crippen molar-refractivity contribution in [2.24, 2.45) is 0 Å². The average Bonchev–Trinajstić information content (AvgIpc) is 2.67. The first-order valence-corrected chi connectivity index (χ1v) is 9.72. The predicted molar refractivity (Wildman–Crippen MR) is 110 cm³/mol. The number of carbonyl (C=O) groups is 2. The lowest BCUT2D eigenvalue weighted by molar-refractivity contribution is -0.176. The lowest BCUT2D eigenvalue weighted by Crippen LogP contribution is -2.39. The third kappa shape index (κ3) is 8.83. The number of aryl methyl sites for hydroxylation is 1. The van der Waals surface area contributed by atoms with Gasteiger partial charge in [-0.2, -0.15) is 13.2 Å². The van der Waals surface area contributed by atoms with E-state index in [0.717, 1.165) is 15.6 Å². The first-order chi connectivity index (χ1) is 14.1. The van der Waals surface area contributed by atoms with Gasteiger partial charge in [0, 0.05) is 16.7 Å². The van der Waals surface area contributed by atoms with Gasteiger partial charge in [0.2, 0.25) is 5.91 Å². The van der Waals surface area contributed by atoms with Crippen LogP contribution in [0.2, 0.25) is 0 Å². The van der Waals surface area contributed by atoms with Gasteiger partial charge in [0.25, 0.3) is 0 Å². The van der Waals surface area contributed by atoms with Crippen LogP contribution in [0.4, 0.5) is 23.7 Å². The van der Waals surface area contributed by atoms with Crippen LogP contribution in [0.5, 0.6) is 0 Å². The maximum absolute atomic E-state index is 12.1. The molecule has 0 bridgehead atoms. The molecule has 0 aliphatic heterocycles. The molecule has 0 spiro atoms. The number of benzene rings is 2. The van der Waals surface area contributed by atoms with Crippen LogP contribution in [-0.4, -0.2) is 31.3 Å². The van der Waals surface area contributed by atoms with Crippen molar-refractivity contribution in [3.8, 4) is 0 Å². The largest absolute Gasteiger partial charge is 0.411 e. The normalized spacial score (nSPS) is 11.1. The number of hydrogen-bond donors (Lipinski definition) is 3. The van der Waals surface area contributed by atoms with E-state index in [2.05, 4.69) is 36.6 Å². The fraction of sp³-hybridized carbons (Fsp3) is 0.300. The number of anilines is 1. The van der Waals surface area contributed by atoms with Crippen molar-refractivity contribution >= 4 is 33.6 Å². The Labute approximate surface area is 180 Å². The van der Waals surface area contributed by atoms with Crippen LogP contribution >= 0.6 is 15.9 Å². The van der Waals surface area contributed by atoms with Crippen molar-refractivity contribution in [1.29, 1.82) is 0 Å². The zero-order chi connectivity index (χ0) is 22.1. The van der Waals surface area contributed by atoms with Gasteiger partial charge in [-0.15, -0.1) is 0 Å². The number of urea groups is 1. The maximum atomic E-state index is 12.1. The van der Waals surface area contributed by atoms with E-state index in [0.29, 0.717) is 11.3 Å². The Balaban J connectivity index is 1.69. The molecule has 6 nitrogen and oxygen atoms in total. The number of rotatable bonds is 8. The van der Waals surface area contributed by atoms with Gasteiger partial charge in [0.1, 0.15) is 6.61 Å². The second kappa shape index (κ2) is 11.0. The number of amides is 3. The Bertz CT molecular complexity index is 874. The molecule has 0 saturated carbocycles. The zero-order valence-corrected chi connectivity index (χ0v) is 17.7. The van der Waals surface area contributed by atoms with Gasteiger partial charge >= 0.3 is 12.2 Å². The number of alkyl halides is 3. The monoisotopic (exact) mass is 487 g/mol. The summed E-state index contributed by atoms with van der Waals surface area (Å²) in [6.45, 7) is 0.403. The second-order valence-corrected chi connectivity index (χ2v) is 7.38. The van der Waals surface area contributed by atoms with E-state index in [1.54, 1.807) is 36.4 Å². The van der Waals surface area contributed by atoms with Crippen molar-refractivity contribution < 1.29 is 27.5 Å². The third-order valence-electron chi connectivity index (χ3n) is 3.88.